The van der Waals surface area contributed by atoms with Gasteiger partial charge in [0.2, 0.25) is 0 Å². The fourth-order valence-corrected chi connectivity index (χ4v) is 1.77. The Labute approximate surface area is 105 Å². The second-order valence-corrected chi connectivity index (χ2v) is 4.06. The van der Waals surface area contributed by atoms with Crippen LogP contribution in [0, 0.1) is 0 Å². The molecule has 0 heterocycles. The zero-order chi connectivity index (χ0) is 12.8. The van der Waals surface area contributed by atoms with Gasteiger partial charge < -0.3 is 5.32 Å². The molecule has 2 aromatic rings. The highest BCUT2D eigenvalue weighted by Gasteiger charge is 2.18. The van der Waals surface area contributed by atoms with Crippen molar-refractivity contribution in [3.05, 3.63) is 66.2 Å². The van der Waals surface area contributed by atoms with E-state index in [9.17, 15) is 9.18 Å². The average Bonchev–Trinajstić information content (AvgIpc) is 2.40. The van der Waals surface area contributed by atoms with Gasteiger partial charge in [0.15, 0.2) is 0 Å². The monoisotopic (exact) mass is 243 g/mol. The first-order valence-electron chi connectivity index (χ1n) is 5.80. The number of halogens is 1. The van der Waals surface area contributed by atoms with Crippen molar-refractivity contribution in [2.24, 2.45) is 0 Å². The van der Waals surface area contributed by atoms with E-state index in [4.69, 9.17) is 0 Å². The number of hydrogen-bond acceptors (Lipinski definition) is 2. The van der Waals surface area contributed by atoms with Crippen molar-refractivity contribution in [3.8, 4) is 0 Å². The van der Waals surface area contributed by atoms with E-state index in [1.165, 1.54) is 0 Å². The van der Waals surface area contributed by atoms with Crippen LogP contribution < -0.4 is 5.32 Å². The summed E-state index contributed by atoms with van der Waals surface area (Å²) in [6, 6.07) is 16.4. The van der Waals surface area contributed by atoms with E-state index in [2.05, 4.69) is 5.32 Å². The Hall–Kier alpha value is -2.16. The van der Waals surface area contributed by atoms with E-state index in [-0.39, 0.29) is 0 Å². The van der Waals surface area contributed by atoms with Gasteiger partial charge in [-0.05, 0) is 17.7 Å². The summed E-state index contributed by atoms with van der Waals surface area (Å²) in [5.74, 6) is 0. The van der Waals surface area contributed by atoms with Crippen molar-refractivity contribution in [2.45, 2.75) is 12.5 Å². The highest BCUT2D eigenvalue weighted by molar-refractivity contribution is 5.78. The van der Waals surface area contributed by atoms with Crippen LogP contribution in [-0.2, 0) is 11.2 Å². The van der Waals surface area contributed by atoms with Gasteiger partial charge in [0, 0.05) is 12.1 Å². The van der Waals surface area contributed by atoms with Crippen LogP contribution in [0.4, 0.5) is 10.1 Å². The van der Waals surface area contributed by atoms with Crippen molar-refractivity contribution >= 4 is 11.7 Å². The number of nitrogens with one attached hydrogen (secondary N) is 1. The molecule has 0 saturated heterocycles. The molecule has 18 heavy (non-hydrogen) atoms. The van der Waals surface area contributed by atoms with Gasteiger partial charge in [-0.25, -0.2) is 0 Å². The van der Waals surface area contributed by atoms with Crippen LogP contribution in [0.3, 0.4) is 0 Å². The number of hydrogen-bond donors (Lipinski definition) is 1. The van der Waals surface area contributed by atoms with Crippen LogP contribution in [0.5, 0.6) is 0 Å². The van der Waals surface area contributed by atoms with Gasteiger partial charge in [0.05, 0.1) is 0 Å². The number of benzene rings is 2. The maximum absolute atomic E-state index is 13.0. The molecule has 2 rings (SSSR count). The average molecular weight is 243 g/mol. The van der Waals surface area contributed by atoms with Crippen LogP contribution in [0.2, 0.25) is 0 Å². The normalized spacial score (nSPS) is 11.8. The van der Waals surface area contributed by atoms with Gasteiger partial charge in [-0.3, -0.25) is 4.79 Å². The summed E-state index contributed by atoms with van der Waals surface area (Å²) in [5.41, 5.74) is 1.67. The number of anilines is 1. The Kier molecular flexibility index (Phi) is 4.07. The minimum Gasteiger partial charge on any atom is -0.373 e. The van der Waals surface area contributed by atoms with Crippen molar-refractivity contribution in [1.29, 1.82) is 0 Å². The molecule has 0 saturated carbocycles. The van der Waals surface area contributed by atoms with Gasteiger partial charge in [0.1, 0.15) is 6.04 Å². The molecule has 2 aromatic carbocycles. The fraction of sp³-hybridized carbons (Fsp3) is 0.133. The van der Waals surface area contributed by atoms with Crippen LogP contribution >= 0.6 is 0 Å². The third-order valence-corrected chi connectivity index (χ3v) is 2.67. The predicted octanol–water partition coefficient (Wildman–Crippen LogP) is 3.21. The zero-order valence-corrected chi connectivity index (χ0v) is 9.84. The topological polar surface area (TPSA) is 29.1 Å². The van der Waals surface area contributed by atoms with E-state index in [0.29, 0.717) is 6.42 Å². The Balaban J connectivity index is 2.08. The van der Waals surface area contributed by atoms with Gasteiger partial charge in [0.25, 0.3) is 0 Å². The van der Waals surface area contributed by atoms with Crippen LogP contribution in [-0.4, -0.2) is 12.1 Å². The van der Waals surface area contributed by atoms with Crippen molar-refractivity contribution < 1.29 is 9.18 Å². The first kappa shape index (κ1) is 12.3. The predicted molar refractivity (Wildman–Crippen MR) is 70.1 cm³/mol. The molecule has 0 aliphatic carbocycles. The van der Waals surface area contributed by atoms with Gasteiger partial charge in [-0.15, -0.1) is 0 Å². The van der Waals surface area contributed by atoms with Gasteiger partial charge in [-0.2, -0.15) is 4.39 Å². The van der Waals surface area contributed by atoms with Crippen molar-refractivity contribution in [1.82, 2.24) is 0 Å². The lowest BCUT2D eigenvalue weighted by molar-refractivity contribution is -0.130. The molecule has 0 fully saturated rings. The van der Waals surface area contributed by atoms with Crippen LogP contribution in [0.15, 0.2) is 60.7 Å². The first-order valence-corrected chi connectivity index (χ1v) is 5.80. The number of carbonyl (C=O) groups is 1. The lowest BCUT2D eigenvalue weighted by atomic mass is 10.1. The summed E-state index contributed by atoms with van der Waals surface area (Å²) in [5, 5.41) is 2.90. The third-order valence-electron chi connectivity index (χ3n) is 2.67. The Morgan fingerprint density at radius 2 is 1.56 bits per heavy atom. The van der Waals surface area contributed by atoms with E-state index in [1.54, 1.807) is 12.1 Å². The Morgan fingerprint density at radius 3 is 2.11 bits per heavy atom. The first-order chi connectivity index (χ1) is 8.75. The van der Waals surface area contributed by atoms with Crippen LogP contribution in [0.25, 0.3) is 0 Å². The molecule has 0 aromatic heterocycles. The molecule has 0 radical (unpaired) electrons. The molecule has 0 aliphatic heterocycles. The summed E-state index contributed by atoms with van der Waals surface area (Å²) in [4.78, 5) is 11.0. The third kappa shape index (κ3) is 3.42. The zero-order valence-electron chi connectivity index (χ0n) is 9.84. The largest absolute Gasteiger partial charge is 0.373 e. The molecule has 1 atom stereocenters. The maximum Gasteiger partial charge on any atom is 0.323 e. The smallest absolute Gasteiger partial charge is 0.323 e. The fourth-order valence-electron chi connectivity index (χ4n) is 1.77. The van der Waals surface area contributed by atoms with Gasteiger partial charge >= 0.3 is 6.04 Å². The van der Waals surface area contributed by atoms with E-state index in [1.807, 2.05) is 48.5 Å². The maximum atomic E-state index is 13.0. The highest BCUT2D eigenvalue weighted by Crippen LogP contribution is 2.12. The van der Waals surface area contributed by atoms with Gasteiger partial charge in [-0.1, -0.05) is 48.5 Å². The van der Waals surface area contributed by atoms with Crippen molar-refractivity contribution in [3.63, 3.8) is 0 Å². The van der Waals surface area contributed by atoms with E-state index in [0.717, 1.165) is 11.3 Å². The van der Waals surface area contributed by atoms with Crippen molar-refractivity contribution in [2.75, 3.05) is 5.32 Å². The molecular formula is C15H14FNO. The minimum atomic E-state index is -1.34. The quantitative estimate of drug-likeness (QED) is 0.817. The highest BCUT2D eigenvalue weighted by atomic mass is 19.1. The standard InChI is InChI=1S/C15H14FNO/c16-15(18)14(11-12-7-3-1-4-8-12)17-13-9-5-2-6-10-13/h1-10,14,17H,11H2/t14-/m0/s1. The summed E-state index contributed by atoms with van der Waals surface area (Å²) in [7, 11) is 0. The molecule has 92 valence electrons. The summed E-state index contributed by atoms with van der Waals surface area (Å²) < 4.78 is 13.0. The molecule has 0 spiro atoms. The SMILES string of the molecule is O=C(F)[C@H](Cc1ccccc1)Nc1ccccc1. The molecule has 0 unspecified atom stereocenters. The second kappa shape index (κ2) is 5.96. The summed E-state index contributed by atoms with van der Waals surface area (Å²) >= 11 is 0. The molecule has 3 heteroatoms. The van der Waals surface area contributed by atoms with E-state index < -0.39 is 12.1 Å². The number of carbonyl (C=O) groups excluding carboxylic acids is 1. The Morgan fingerprint density at radius 1 is 1.00 bits per heavy atom. The van der Waals surface area contributed by atoms with Crippen LogP contribution in [0.1, 0.15) is 5.56 Å². The van der Waals surface area contributed by atoms with E-state index >= 15 is 0 Å². The number of para-hydroxylation sites is 1. The molecule has 0 bridgehead atoms. The molecule has 2 nitrogen and oxygen atoms in total. The minimum absolute atomic E-state index is 0.338. The second-order valence-electron chi connectivity index (χ2n) is 4.06. The number of rotatable bonds is 5. The Bertz CT molecular complexity index is 457. The summed E-state index contributed by atoms with van der Waals surface area (Å²) in [6.45, 7) is 0. The lowest BCUT2D eigenvalue weighted by Crippen LogP contribution is -2.29. The molecular weight excluding hydrogens is 229 g/mol. The lowest BCUT2D eigenvalue weighted by Gasteiger charge is -2.15. The molecule has 1 N–H and O–H groups in total. The molecule has 0 amide bonds. The summed E-state index contributed by atoms with van der Waals surface area (Å²) in [6.07, 6.45) is 0.338. The molecule has 0 aliphatic rings.